The molecule has 0 atom stereocenters. The van der Waals surface area contributed by atoms with Crippen molar-refractivity contribution in [3.05, 3.63) is 81.9 Å². The quantitative estimate of drug-likeness (QED) is 0.189. The Morgan fingerprint density at radius 1 is 0.629 bits per heavy atom. The van der Waals surface area contributed by atoms with Gasteiger partial charge in [0.05, 0.1) is 27.2 Å². The predicted octanol–water partition coefficient (Wildman–Crippen LogP) is 9.62. The van der Waals surface area contributed by atoms with Gasteiger partial charge in [-0.05, 0) is 47.5 Å². The number of nitrogens with zero attached hydrogens (tertiary/aromatic N) is 1. The third-order valence-electron chi connectivity index (χ3n) is 4.76. The summed E-state index contributed by atoms with van der Waals surface area (Å²) in [5.41, 5.74) is -7.25. The van der Waals surface area contributed by atoms with Crippen LogP contribution in [-0.4, -0.2) is 4.92 Å². The van der Waals surface area contributed by atoms with E-state index in [-0.39, 0.29) is 12.1 Å². The van der Waals surface area contributed by atoms with Gasteiger partial charge in [-0.25, -0.2) is 0 Å². The van der Waals surface area contributed by atoms with Gasteiger partial charge in [-0.2, -0.15) is 26.3 Å². The van der Waals surface area contributed by atoms with Gasteiger partial charge in [-0.3, -0.25) is 10.1 Å². The van der Waals surface area contributed by atoms with Crippen molar-refractivity contribution in [1.82, 2.24) is 0 Å². The fraction of sp³-hybridized carbons (Fsp3) is 0.100. The molecule has 0 aliphatic rings. The first-order valence-corrected chi connectivity index (χ1v) is 10.9. The number of rotatable bonds is 4. The van der Waals surface area contributed by atoms with Crippen molar-refractivity contribution >= 4 is 15.9 Å². The summed E-state index contributed by atoms with van der Waals surface area (Å²) in [6.45, 7) is 0. The largest absolute Gasteiger partial charge is 0.416 e. The smallest absolute Gasteiger partial charge is 0.258 e. The first-order valence-electron chi connectivity index (χ1n) is 9.00. The molecule has 0 heterocycles. The van der Waals surface area contributed by atoms with Crippen LogP contribution in [0.1, 0.15) is 11.1 Å². The number of halogens is 11. The van der Waals surface area contributed by atoms with E-state index in [2.05, 4.69) is 0 Å². The van der Waals surface area contributed by atoms with Crippen molar-refractivity contribution in [3.8, 4) is 22.3 Å². The lowest BCUT2D eigenvalue weighted by Gasteiger charge is -2.41. The lowest BCUT2D eigenvalue weighted by atomic mass is 9.95. The molecule has 0 spiro atoms. The number of hydrogen-bond donors (Lipinski definition) is 0. The number of benzene rings is 3. The van der Waals surface area contributed by atoms with Crippen molar-refractivity contribution in [2.75, 3.05) is 0 Å². The summed E-state index contributed by atoms with van der Waals surface area (Å²) in [5.74, 6) is 0. The van der Waals surface area contributed by atoms with Crippen molar-refractivity contribution in [2.45, 2.75) is 17.2 Å². The van der Waals surface area contributed by atoms with Gasteiger partial charge in [0.25, 0.3) is 5.69 Å². The standard InChI is InChI=1S/C20H10F11NO2S/c21-19(22,23)13-5-1-11(2-6-13)16-9-15(35(27,28,29,30)31)10-17(18(16)32(33)34)12-3-7-14(8-4-12)20(24,25)26/h1-10H. The second kappa shape index (κ2) is 7.32. The fourth-order valence-corrected chi connectivity index (χ4v) is 3.83. The monoisotopic (exact) mass is 537 g/mol. The summed E-state index contributed by atoms with van der Waals surface area (Å²) >= 11 is 0. The Hall–Kier alpha value is -3.36. The zero-order chi connectivity index (χ0) is 26.7. The Morgan fingerprint density at radius 2 is 0.943 bits per heavy atom. The van der Waals surface area contributed by atoms with Gasteiger partial charge in [0.15, 0.2) is 0 Å². The Kier molecular flexibility index (Phi) is 5.49. The molecule has 3 aromatic rings. The summed E-state index contributed by atoms with van der Waals surface area (Å²) in [5, 5.41) is 11.7. The van der Waals surface area contributed by atoms with Crippen LogP contribution in [-0.2, 0) is 12.4 Å². The Bertz CT molecular complexity index is 1220. The normalized spacial score (nSPS) is 14.8. The number of nitro benzene ring substituents is 1. The Morgan fingerprint density at radius 3 is 1.17 bits per heavy atom. The molecule has 0 saturated heterocycles. The predicted molar refractivity (Wildman–Crippen MR) is 105 cm³/mol. The molecule has 0 aromatic heterocycles. The van der Waals surface area contributed by atoms with Crippen molar-refractivity contribution in [3.63, 3.8) is 0 Å². The van der Waals surface area contributed by atoms with E-state index >= 15 is 0 Å². The van der Waals surface area contributed by atoms with Crippen LogP contribution < -0.4 is 0 Å². The van der Waals surface area contributed by atoms with Crippen LogP contribution in [0.15, 0.2) is 65.6 Å². The molecular weight excluding hydrogens is 527 g/mol. The fourth-order valence-electron chi connectivity index (χ4n) is 3.15. The molecule has 3 aromatic carbocycles. The van der Waals surface area contributed by atoms with Gasteiger partial charge in [-0.15, -0.1) is 0 Å². The molecule has 0 radical (unpaired) electrons. The third-order valence-corrected chi connectivity index (χ3v) is 5.88. The lowest BCUT2D eigenvalue weighted by Crippen LogP contribution is -2.08. The van der Waals surface area contributed by atoms with E-state index in [0.717, 1.165) is 0 Å². The molecule has 15 heteroatoms. The molecule has 0 amide bonds. The van der Waals surface area contributed by atoms with Crippen LogP contribution in [0.3, 0.4) is 0 Å². The zero-order valence-electron chi connectivity index (χ0n) is 16.6. The SMILES string of the molecule is O=[N+]([O-])c1c(-c2ccc(C(F)(F)F)cc2)cc(S(F)(F)(F)(F)F)cc1-c1ccc(C(F)(F)F)cc1. The molecule has 0 fully saturated rings. The minimum Gasteiger partial charge on any atom is -0.258 e. The highest BCUT2D eigenvalue weighted by Crippen LogP contribution is 3.02. The van der Waals surface area contributed by atoms with E-state index < -0.39 is 71.5 Å². The minimum atomic E-state index is -10.5. The summed E-state index contributed by atoms with van der Waals surface area (Å²) < 4.78 is 145. The topological polar surface area (TPSA) is 43.1 Å². The highest BCUT2D eigenvalue weighted by Gasteiger charge is 2.66. The first-order chi connectivity index (χ1) is 15.6. The highest BCUT2D eigenvalue weighted by atomic mass is 32.5. The van der Waals surface area contributed by atoms with Gasteiger partial charge in [-0.1, -0.05) is 43.7 Å². The van der Waals surface area contributed by atoms with Crippen LogP contribution in [0.25, 0.3) is 22.3 Å². The lowest BCUT2D eigenvalue weighted by molar-refractivity contribution is -0.383. The average molecular weight is 537 g/mol. The van der Waals surface area contributed by atoms with Crippen molar-refractivity contribution < 1.29 is 50.7 Å². The van der Waals surface area contributed by atoms with Crippen LogP contribution in [0.5, 0.6) is 0 Å². The summed E-state index contributed by atoms with van der Waals surface area (Å²) in [6.07, 6.45) is -9.75. The number of alkyl halides is 6. The summed E-state index contributed by atoms with van der Waals surface area (Å²) in [6, 6.07) is 3.19. The third kappa shape index (κ3) is 5.66. The summed E-state index contributed by atoms with van der Waals surface area (Å²) in [4.78, 5) is 7.87. The molecule has 0 bridgehead atoms. The number of hydrogen-bond acceptors (Lipinski definition) is 2. The molecule has 0 aliphatic carbocycles. The van der Waals surface area contributed by atoms with E-state index in [1.54, 1.807) is 0 Å². The molecule has 35 heavy (non-hydrogen) atoms. The maximum absolute atomic E-state index is 13.6. The van der Waals surface area contributed by atoms with E-state index in [1.165, 1.54) is 0 Å². The van der Waals surface area contributed by atoms with E-state index in [1.807, 2.05) is 0 Å². The first kappa shape index (κ1) is 26.2. The molecule has 0 unspecified atom stereocenters. The number of nitro groups is 1. The molecule has 0 saturated carbocycles. The zero-order valence-corrected chi connectivity index (χ0v) is 17.4. The van der Waals surface area contributed by atoms with E-state index in [4.69, 9.17) is 0 Å². The molecule has 3 rings (SSSR count). The van der Waals surface area contributed by atoms with Gasteiger partial charge in [0.2, 0.25) is 0 Å². The van der Waals surface area contributed by atoms with Crippen LogP contribution >= 0.6 is 10.2 Å². The van der Waals surface area contributed by atoms with E-state index in [0.29, 0.717) is 48.5 Å². The van der Waals surface area contributed by atoms with Crippen LogP contribution in [0.4, 0.5) is 51.5 Å². The van der Waals surface area contributed by atoms with Crippen molar-refractivity contribution in [2.24, 2.45) is 0 Å². The maximum Gasteiger partial charge on any atom is 0.416 e. The van der Waals surface area contributed by atoms with Crippen molar-refractivity contribution in [1.29, 1.82) is 0 Å². The van der Waals surface area contributed by atoms with Gasteiger partial charge in [0.1, 0.15) is 4.90 Å². The molecular formula is C20H10F11NO2S. The Balaban J connectivity index is 2.38. The van der Waals surface area contributed by atoms with Crippen LogP contribution in [0, 0.1) is 10.1 Å². The second-order valence-electron chi connectivity index (χ2n) is 7.24. The molecule has 190 valence electrons. The maximum atomic E-state index is 13.6. The molecule has 3 nitrogen and oxygen atoms in total. The van der Waals surface area contributed by atoms with Crippen LogP contribution in [0.2, 0.25) is 0 Å². The molecule has 0 aliphatic heterocycles. The Labute approximate surface area is 188 Å². The van der Waals surface area contributed by atoms with E-state index in [9.17, 15) is 55.9 Å². The summed E-state index contributed by atoms with van der Waals surface area (Å²) in [7, 11) is -10.5. The highest BCUT2D eigenvalue weighted by molar-refractivity contribution is 8.45. The second-order valence-corrected chi connectivity index (χ2v) is 9.65. The van der Waals surface area contributed by atoms with Gasteiger partial charge in [0, 0.05) is 0 Å². The molecule has 0 N–H and O–H groups in total. The van der Waals surface area contributed by atoms with Gasteiger partial charge >= 0.3 is 22.6 Å². The average Bonchev–Trinajstić information content (AvgIpc) is 2.70. The minimum absolute atomic E-state index is 0.268. The van der Waals surface area contributed by atoms with Gasteiger partial charge < -0.3 is 0 Å².